The lowest BCUT2D eigenvalue weighted by Gasteiger charge is -2.50. The van der Waals surface area contributed by atoms with E-state index in [0.717, 1.165) is 22.2 Å². The molecule has 0 radical (unpaired) electrons. The molecule has 2 N–H and O–H groups in total. The number of aliphatic hydroxyl groups is 1. The number of nitrogens with zero attached hydrogens (tertiary/aromatic N) is 2. The zero-order valence-corrected chi connectivity index (χ0v) is 22.9. The van der Waals surface area contributed by atoms with Crippen LogP contribution in [0.15, 0.2) is 64.2 Å². The molecule has 6 rings (SSSR count). The Morgan fingerprint density at radius 3 is 2.56 bits per heavy atom. The second-order valence-electron chi connectivity index (χ2n) is 10.1. The summed E-state index contributed by atoms with van der Waals surface area (Å²) in [6.45, 7) is 0.585. The van der Waals surface area contributed by atoms with Crippen LogP contribution in [0.1, 0.15) is 40.5 Å². The van der Waals surface area contributed by atoms with Crippen molar-refractivity contribution >= 4 is 38.2 Å². The zero-order chi connectivity index (χ0) is 27.4. The number of aromatic amines is 1. The van der Waals surface area contributed by atoms with Crippen LogP contribution in [0, 0.1) is 5.82 Å². The number of aromatic nitrogens is 1. The van der Waals surface area contributed by atoms with E-state index in [2.05, 4.69) is 4.98 Å². The number of amides is 1. The van der Waals surface area contributed by atoms with Gasteiger partial charge >= 0.3 is 0 Å². The first kappa shape index (κ1) is 26.0. The van der Waals surface area contributed by atoms with E-state index in [1.54, 1.807) is 29.5 Å². The van der Waals surface area contributed by atoms with Crippen LogP contribution in [0.3, 0.4) is 0 Å². The second kappa shape index (κ2) is 9.74. The van der Waals surface area contributed by atoms with Gasteiger partial charge in [0.05, 0.1) is 19.8 Å². The topological polar surface area (TPSA) is 103 Å². The molecule has 11 heteroatoms. The normalized spacial score (nSPS) is 19.4. The third kappa shape index (κ3) is 4.24. The molecule has 1 amide bonds. The molecule has 2 aromatic carbocycles. The number of methoxy groups -OCH3 is 1. The molecular weight excluding hydrogens is 541 g/mol. The summed E-state index contributed by atoms with van der Waals surface area (Å²) in [6, 6.07) is 13.8. The maximum atomic E-state index is 13.8. The van der Waals surface area contributed by atoms with Gasteiger partial charge in [0, 0.05) is 53.3 Å². The number of H-pyrrole nitrogens is 1. The van der Waals surface area contributed by atoms with Crippen LogP contribution in [0.25, 0.3) is 10.9 Å². The number of hydrogen-bond donors (Lipinski definition) is 2. The average molecular weight is 570 g/mol. The Kier molecular flexibility index (Phi) is 6.49. The number of aliphatic hydroxyl groups excluding tert-OH is 1. The van der Waals surface area contributed by atoms with Gasteiger partial charge in [-0.05, 0) is 66.2 Å². The summed E-state index contributed by atoms with van der Waals surface area (Å²) in [4.78, 5) is 18.9. The molecule has 8 nitrogen and oxygen atoms in total. The van der Waals surface area contributed by atoms with Crippen LogP contribution in [0.4, 0.5) is 4.39 Å². The average Bonchev–Trinajstić information content (AvgIpc) is 3.62. The quantitative estimate of drug-likeness (QED) is 0.373. The van der Waals surface area contributed by atoms with E-state index in [4.69, 9.17) is 4.74 Å². The molecule has 4 heterocycles. The molecule has 0 bridgehead atoms. The van der Waals surface area contributed by atoms with Gasteiger partial charge in [-0.25, -0.2) is 12.8 Å². The molecule has 2 aliphatic rings. The van der Waals surface area contributed by atoms with Crippen molar-refractivity contribution < 1.29 is 27.4 Å². The fourth-order valence-electron chi connectivity index (χ4n) is 6.08. The fraction of sp³-hybridized carbons (Fsp3) is 0.321. The van der Waals surface area contributed by atoms with Gasteiger partial charge in [0.1, 0.15) is 15.8 Å². The number of ether oxygens (including phenoxy) is 1. The summed E-state index contributed by atoms with van der Waals surface area (Å²) in [5.74, 6) is -0.0812. The number of nitrogens with one attached hydrogen (secondary N) is 1. The summed E-state index contributed by atoms with van der Waals surface area (Å²) in [6.07, 6.45) is 0.990. The van der Waals surface area contributed by atoms with Gasteiger partial charge in [0.25, 0.3) is 15.9 Å². The fourth-order valence-corrected chi connectivity index (χ4v) is 8.66. The van der Waals surface area contributed by atoms with Crippen LogP contribution in [0.2, 0.25) is 0 Å². The molecule has 2 aromatic heterocycles. The molecule has 1 fully saturated rings. The van der Waals surface area contributed by atoms with Gasteiger partial charge < -0.3 is 19.7 Å². The first-order valence-corrected chi connectivity index (χ1v) is 15.0. The minimum absolute atomic E-state index is 0.296. The predicted molar refractivity (Wildman–Crippen MR) is 146 cm³/mol. The van der Waals surface area contributed by atoms with Crippen LogP contribution in [-0.2, 0) is 15.4 Å². The SMILES string of the molecule is COc1ccc2c3c([nH]c2c1)[C@@H](CO)N(C(=O)c1ccc(F)cc1)CC31CCN(S(=O)(=O)c2cccs2)CC1. The van der Waals surface area contributed by atoms with E-state index in [9.17, 15) is 22.7 Å². The van der Waals surface area contributed by atoms with Crippen molar-refractivity contribution in [3.63, 3.8) is 0 Å². The summed E-state index contributed by atoms with van der Waals surface area (Å²) in [5, 5.41) is 13.2. The van der Waals surface area contributed by atoms with Crippen molar-refractivity contribution in [3.05, 3.63) is 82.6 Å². The summed E-state index contributed by atoms with van der Waals surface area (Å²) in [7, 11) is -2.02. The summed E-state index contributed by atoms with van der Waals surface area (Å²) >= 11 is 1.20. The molecule has 1 spiro atoms. The molecule has 2 aliphatic heterocycles. The number of carbonyl (C=O) groups is 1. The van der Waals surface area contributed by atoms with Gasteiger partial charge in [-0.1, -0.05) is 6.07 Å². The van der Waals surface area contributed by atoms with E-state index in [1.165, 1.54) is 39.9 Å². The molecule has 0 unspecified atom stereocenters. The van der Waals surface area contributed by atoms with Crippen LogP contribution >= 0.6 is 11.3 Å². The van der Waals surface area contributed by atoms with Crippen molar-refractivity contribution in [2.45, 2.75) is 28.5 Å². The number of benzene rings is 2. The summed E-state index contributed by atoms with van der Waals surface area (Å²) < 4.78 is 47.4. The van der Waals surface area contributed by atoms with Crippen molar-refractivity contribution in [3.8, 4) is 5.75 Å². The number of piperidine rings is 1. The Morgan fingerprint density at radius 1 is 1.18 bits per heavy atom. The van der Waals surface area contributed by atoms with Crippen molar-refractivity contribution in [1.29, 1.82) is 0 Å². The maximum Gasteiger partial charge on any atom is 0.254 e. The van der Waals surface area contributed by atoms with E-state index < -0.39 is 27.3 Å². The molecule has 4 aromatic rings. The first-order valence-electron chi connectivity index (χ1n) is 12.7. The lowest BCUT2D eigenvalue weighted by molar-refractivity contribution is 0.0387. The number of carbonyl (C=O) groups excluding carboxylic acids is 1. The van der Waals surface area contributed by atoms with Crippen molar-refractivity contribution in [1.82, 2.24) is 14.2 Å². The predicted octanol–water partition coefficient (Wildman–Crippen LogP) is 4.29. The van der Waals surface area contributed by atoms with E-state index >= 15 is 0 Å². The van der Waals surface area contributed by atoms with Crippen LogP contribution in [0.5, 0.6) is 5.75 Å². The second-order valence-corrected chi connectivity index (χ2v) is 13.2. The lowest BCUT2D eigenvalue weighted by atomic mass is 9.68. The molecule has 1 saturated heterocycles. The Morgan fingerprint density at radius 2 is 1.92 bits per heavy atom. The minimum atomic E-state index is -3.61. The van der Waals surface area contributed by atoms with Crippen molar-refractivity contribution in [2.75, 3.05) is 33.4 Å². The Bertz CT molecular complexity index is 1630. The monoisotopic (exact) mass is 569 g/mol. The van der Waals surface area contributed by atoms with Gasteiger partial charge in [0.15, 0.2) is 0 Å². The van der Waals surface area contributed by atoms with Gasteiger partial charge in [-0.2, -0.15) is 4.31 Å². The van der Waals surface area contributed by atoms with Gasteiger partial charge in [-0.3, -0.25) is 4.79 Å². The molecular formula is C28H28FN3O5S2. The number of halogens is 1. The maximum absolute atomic E-state index is 13.8. The summed E-state index contributed by atoms with van der Waals surface area (Å²) in [5.41, 5.74) is 2.34. The first-order chi connectivity index (χ1) is 18.8. The number of rotatable bonds is 5. The molecule has 0 aliphatic carbocycles. The number of fused-ring (bicyclic) bond motifs is 4. The van der Waals surface area contributed by atoms with Gasteiger partial charge in [0.2, 0.25) is 0 Å². The molecule has 1 atom stereocenters. The number of hydrogen-bond acceptors (Lipinski definition) is 6. The largest absolute Gasteiger partial charge is 0.497 e. The van der Waals surface area contributed by atoms with Crippen molar-refractivity contribution in [2.24, 2.45) is 0 Å². The third-order valence-electron chi connectivity index (χ3n) is 8.04. The highest BCUT2D eigenvalue weighted by Gasteiger charge is 2.50. The highest BCUT2D eigenvalue weighted by atomic mass is 32.2. The molecule has 204 valence electrons. The molecule has 39 heavy (non-hydrogen) atoms. The zero-order valence-electron chi connectivity index (χ0n) is 21.3. The Labute approximate surface area is 229 Å². The standard InChI is InChI=1S/C28H28FN3O5S2/c1-37-20-8-9-21-22(15-20)30-26-23(16-33)32(27(34)18-4-6-19(29)7-5-18)17-28(25(21)26)10-12-31(13-11-28)39(35,36)24-3-2-14-38-24/h2-9,14-15,23,30,33H,10-13,16-17H2,1H3/t23-/m1/s1. The highest BCUT2D eigenvalue weighted by Crippen LogP contribution is 2.50. The van der Waals surface area contributed by atoms with Gasteiger partial charge in [-0.15, -0.1) is 11.3 Å². The number of thiophene rings is 1. The van der Waals surface area contributed by atoms with E-state index in [-0.39, 0.29) is 12.5 Å². The number of sulfonamides is 1. The van der Waals surface area contributed by atoms with E-state index in [1.807, 2.05) is 18.2 Å². The van der Waals surface area contributed by atoms with Crippen LogP contribution < -0.4 is 4.74 Å². The smallest absolute Gasteiger partial charge is 0.254 e. The lowest BCUT2D eigenvalue weighted by Crippen LogP contribution is -2.55. The Hall–Kier alpha value is -3.25. The third-order valence-corrected chi connectivity index (χ3v) is 11.3. The van der Waals surface area contributed by atoms with E-state index in [0.29, 0.717) is 48.0 Å². The Balaban J connectivity index is 1.44. The highest BCUT2D eigenvalue weighted by molar-refractivity contribution is 7.91. The minimum Gasteiger partial charge on any atom is -0.497 e. The molecule has 0 saturated carbocycles. The van der Waals surface area contributed by atoms with Crippen LogP contribution in [-0.4, -0.2) is 67.0 Å².